The number of ether oxygens (including phenoxy) is 1. The van der Waals surface area contributed by atoms with Crippen LogP contribution in [0.25, 0.3) is 0 Å². The lowest BCUT2D eigenvalue weighted by Gasteiger charge is -2.40. The number of fused-ring (bicyclic) bond motifs is 2. The van der Waals surface area contributed by atoms with Gasteiger partial charge in [-0.15, -0.1) is 0 Å². The molecule has 2 fully saturated rings. The van der Waals surface area contributed by atoms with Crippen molar-refractivity contribution in [2.75, 3.05) is 11.4 Å². The number of nitrogens with one attached hydrogen (secondary N) is 2. The normalized spacial score (nSPS) is 20.9. The first-order valence-electron chi connectivity index (χ1n) is 13.2. The molecule has 40 heavy (non-hydrogen) atoms. The Morgan fingerprint density at radius 1 is 1.10 bits per heavy atom. The van der Waals surface area contributed by atoms with Crippen molar-refractivity contribution in [3.63, 3.8) is 0 Å². The van der Waals surface area contributed by atoms with Crippen LogP contribution >= 0.6 is 0 Å². The molecule has 1 unspecified atom stereocenters. The number of carbonyl (C=O) groups excluding carboxylic acids is 2. The van der Waals surface area contributed by atoms with Gasteiger partial charge in [-0.05, 0) is 71.6 Å². The van der Waals surface area contributed by atoms with Gasteiger partial charge in [0, 0.05) is 36.0 Å². The molecular formula is C28H34F4N4O4. The molecular weight excluding hydrogens is 532 g/mol. The monoisotopic (exact) mass is 566 g/mol. The summed E-state index contributed by atoms with van der Waals surface area (Å²) in [6.07, 6.45) is 1.75. The minimum Gasteiger partial charge on any atom is -0.475 e. The zero-order chi connectivity index (χ0) is 29.4. The molecule has 3 heterocycles. The van der Waals surface area contributed by atoms with Gasteiger partial charge in [-0.25, -0.2) is 22.5 Å². The average molecular weight is 567 g/mol. The van der Waals surface area contributed by atoms with Crippen LogP contribution in [0, 0.1) is 11.6 Å². The Kier molecular flexibility index (Phi) is 8.30. The van der Waals surface area contributed by atoms with Gasteiger partial charge in [-0.3, -0.25) is 9.59 Å². The Morgan fingerprint density at radius 3 is 2.30 bits per heavy atom. The molecule has 0 aliphatic carbocycles. The summed E-state index contributed by atoms with van der Waals surface area (Å²) in [5, 5.41) is 15.4. The topological polar surface area (TPSA) is 104 Å². The molecule has 12 heteroatoms. The second-order valence-corrected chi connectivity index (χ2v) is 11.4. The number of aromatic nitrogens is 1. The highest BCUT2D eigenvalue weighted by Gasteiger charge is 2.43. The van der Waals surface area contributed by atoms with Crippen molar-refractivity contribution in [1.82, 2.24) is 15.6 Å². The predicted molar refractivity (Wildman–Crippen MR) is 139 cm³/mol. The molecule has 2 aliphatic rings. The molecule has 4 rings (SSSR count). The van der Waals surface area contributed by atoms with E-state index in [4.69, 9.17) is 4.74 Å². The number of nitrogens with zero attached hydrogens (tertiary/aromatic N) is 2. The standard InChI is InChI=1S/C28H34F4N4O4/c1-27(2,39)19-11-22(21(30)12-20(19)29)40-28(3,4)26(38)35-16-9-17-6-7-18(10-16)36(17)24-8-5-15(13-33-24)25(37)34-14-23(31)32/h5,8,11-13,16-18,23,39H,6-7,9-10,14H2,1-4H3,(H,34,37)(H,35,38)/t16?,17-,18+. The van der Waals surface area contributed by atoms with Crippen LogP contribution in [0.1, 0.15) is 69.3 Å². The van der Waals surface area contributed by atoms with Crippen LogP contribution in [0.5, 0.6) is 5.75 Å². The van der Waals surface area contributed by atoms with E-state index in [-0.39, 0.29) is 35.0 Å². The fourth-order valence-electron chi connectivity index (χ4n) is 5.37. The highest BCUT2D eigenvalue weighted by atomic mass is 19.3. The molecule has 2 amide bonds. The van der Waals surface area contributed by atoms with Gasteiger partial charge in [0.05, 0.1) is 17.7 Å². The second kappa shape index (κ2) is 11.2. The second-order valence-electron chi connectivity index (χ2n) is 11.4. The molecule has 1 aromatic carbocycles. The lowest BCUT2D eigenvalue weighted by atomic mass is 9.95. The largest absolute Gasteiger partial charge is 0.475 e. The number of hydrogen-bond acceptors (Lipinski definition) is 6. The Bertz CT molecular complexity index is 1240. The molecule has 2 bridgehead atoms. The fraction of sp³-hybridized carbons (Fsp3) is 0.536. The number of hydrogen-bond donors (Lipinski definition) is 3. The van der Waals surface area contributed by atoms with E-state index >= 15 is 0 Å². The third-order valence-electron chi connectivity index (χ3n) is 7.35. The number of piperidine rings is 1. The summed E-state index contributed by atoms with van der Waals surface area (Å²) in [5.74, 6) is -2.66. The van der Waals surface area contributed by atoms with Gasteiger partial charge in [0.25, 0.3) is 18.2 Å². The Balaban J connectivity index is 1.39. The molecule has 3 atom stereocenters. The van der Waals surface area contributed by atoms with Gasteiger partial charge in [-0.2, -0.15) is 0 Å². The maximum absolute atomic E-state index is 14.5. The van der Waals surface area contributed by atoms with Gasteiger partial charge in [0.2, 0.25) is 0 Å². The van der Waals surface area contributed by atoms with Gasteiger partial charge < -0.3 is 25.4 Å². The van der Waals surface area contributed by atoms with E-state index in [2.05, 4.69) is 20.5 Å². The maximum Gasteiger partial charge on any atom is 0.263 e. The summed E-state index contributed by atoms with van der Waals surface area (Å²) in [4.78, 5) is 31.8. The number of halogens is 4. The number of alkyl halides is 2. The van der Waals surface area contributed by atoms with Crippen LogP contribution in [-0.4, -0.2) is 58.6 Å². The van der Waals surface area contributed by atoms with Crippen molar-refractivity contribution in [1.29, 1.82) is 0 Å². The van der Waals surface area contributed by atoms with Crippen LogP contribution in [0.4, 0.5) is 23.4 Å². The summed E-state index contributed by atoms with van der Waals surface area (Å²) < 4.78 is 59.1. The number of pyridine rings is 1. The molecule has 8 nitrogen and oxygen atoms in total. The number of amides is 2. The highest BCUT2D eigenvalue weighted by Crippen LogP contribution is 2.39. The minimum absolute atomic E-state index is 0.0861. The minimum atomic E-state index is -2.64. The van der Waals surface area contributed by atoms with E-state index in [1.165, 1.54) is 33.9 Å². The van der Waals surface area contributed by atoms with Crippen molar-refractivity contribution >= 4 is 17.6 Å². The lowest BCUT2D eigenvalue weighted by molar-refractivity contribution is -0.135. The third-order valence-corrected chi connectivity index (χ3v) is 7.35. The third kappa shape index (κ3) is 6.48. The Morgan fingerprint density at radius 2 is 1.75 bits per heavy atom. The van der Waals surface area contributed by atoms with E-state index in [9.17, 15) is 32.3 Å². The summed E-state index contributed by atoms with van der Waals surface area (Å²) in [5.41, 5.74) is -3.03. The Hall–Kier alpha value is -3.41. The van der Waals surface area contributed by atoms with E-state index in [1.54, 1.807) is 12.1 Å². The van der Waals surface area contributed by atoms with Crippen LogP contribution in [0.2, 0.25) is 0 Å². The highest BCUT2D eigenvalue weighted by molar-refractivity contribution is 5.94. The van der Waals surface area contributed by atoms with Crippen LogP contribution in [-0.2, 0) is 10.4 Å². The molecule has 0 spiro atoms. The van der Waals surface area contributed by atoms with Crippen molar-refractivity contribution in [2.45, 2.75) is 89.1 Å². The molecule has 2 saturated heterocycles. The average Bonchev–Trinajstić information content (AvgIpc) is 3.13. The molecule has 1 aromatic heterocycles. The van der Waals surface area contributed by atoms with Crippen molar-refractivity contribution in [3.05, 3.63) is 53.2 Å². The van der Waals surface area contributed by atoms with Crippen LogP contribution in [0.3, 0.4) is 0 Å². The lowest BCUT2D eigenvalue weighted by Crippen LogP contribution is -2.55. The fourth-order valence-corrected chi connectivity index (χ4v) is 5.37. The summed E-state index contributed by atoms with van der Waals surface area (Å²) in [6, 6.07) is 4.94. The van der Waals surface area contributed by atoms with Gasteiger partial charge in [0.15, 0.2) is 17.2 Å². The first-order valence-corrected chi connectivity index (χ1v) is 13.2. The zero-order valence-electron chi connectivity index (χ0n) is 22.8. The van der Waals surface area contributed by atoms with Gasteiger partial charge in [-0.1, -0.05) is 0 Å². The van der Waals surface area contributed by atoms with Crippen molar-refractivity contribution < 1.29 is 37.0 Å². The van der Waals surface area contributed by atoms with E-state index < -0.39 is 47.6 Å². The predicted octanol–water partition coefficient (Wildman–Crippen LogP) is 4.06. The summed E-state index contributed by atoms with van der Waals surface area (Å²) >= 11 is 0. The van der Waals surface area contributed by atoms with Crippen molar-refractivity contribution in [2.24, 2.45) is 0 Å². The number of anilines is 1. The van der Waals surface area contributed by atoms with Crippen LogP contribution in [0.15, 0.2) is 30.5 Å². The van der Waals surface area contributed by atoms with E-state index in [0.717, 1.165) is 18.9 Å². The smallest absolute Gasteiger partial charge is 0.263 e. The molecule has 3 N–H and O–H groups in total. The van der Waals surface area contributed by atoms with E-state index in [1.807, 2.05) is 0 Å². The van der Waals surface area contributed by atoms with Gasteiger partial charge in [0.1, 0.15) is 11.6 Å². The SMILES string of the molecule is CC(C)(Oc1cc(C(C)(C)O)c(F)cc1F)C(=O)NC1C[C@H]2CC[C@@H](C1)N2c1ccc(C(=O)NCC(F)F)cn1. The summed E-state index contributed by atoms with van der Waals surface area (Å²) in [6.45, 7) is 4.97. The molecule has 2 aliphatic heterocycles. The quantitative estimate of drug-likeness (QED) is 0.396. The molecule has 0 saturated carbocycles. The molecule has 0 radical (unpaired) electrons. The molecule has 2 aromatic rings. The van der Waals surface area contributed by atoms with Crippen molar-refractivity contribution in [3.8, 4) is 5.75 Å². The summed E-state index contributed by atoms with van der Waals surface area (Å²) in [7, 11) is 0. The zero-order valence-corrected chi connectivity index (χ0v) is 22.8. The maximum atomic E-state index is 14.5. The molecule has 218 valence electrons. The number of rotatable bonds is 9. The Labute approximate surface area is 230 Å². The van der Waals surface area contributed by atoms with Gasteiger partial charge >= 0.3 is 0 Å². The number of benzene rings is 1. The van der Waals surface area contributed by atoms with E-state index in [0.29, 0.717) is 24.7 Å². The number of aliphatic hydroxyl groups is 1. The number of carbonyl (C=O) groups is 2. The first kappa shape index (κ1) is 29.6. The van der Waals surface area contributed by atoms with Crippen LogP contribution < -0.4 is 20.3 Å². The first-order chi connectivity index (χ1) is 18.7.